The van der Waals surface area contributed by atoms with Gasteiger partial charge in [0, 0.05) is 5.39 Å². The summed E-state index contributed by atoms with van der Waals surface area (Å²) >= 11 is 7.07. The van der Waals surface area contributed by atoms with E-state index in [4.69, 9.17) is 9.15 Å². The van der Waals surface area contributed by atoms with Gasteiger partial charge in [0.05, 0.1) is 22.1 Å². The van der Waals surface area contributed by atoms with Crippen LogP contribution in [0.1, 0.15) is 25.1 Å². The molecule has 0 saturated heterocycles. The summed E-state index contributed by atoms with van der Waals surface area (Å²) in [7, 11) is 3.59. The van der Waals surface area contributed by atoms with E-state index in [0.717, 1.165) is 37.8 Å². The van der Waals surface area contributed by atoms with Gasteiger partial charge in [-0.25, -0.2) is 0 Å². The van der Waals surface area contributed by atoms with Crippen LogP contribution in [0.2, 0.25) is 0 Å². The van der Waals surface area contributed by atoms with E-state index in [1.165, 1.54) is 0 Å². The summed E-state index contributed by atoms with van der Waals surface area (Å²) in [6.07, 6.45) is 0.975. The summed E-state index contributed by atoms with van der Waals surface area (Å²) in [4.78, 5) is 0. The van der Waals surface area contributed by atoms with E-state index >= 15 is 0 Å². The van der Waals surface area contributed by atoms with Gasteiger partial charge in [0.2, 0.25) is 0 Å². The van der Waals surface area contributed by atoms with Crippen molar-refractivity contribution in [1.29, 1.82) is 0 Å². The van der Waals surface area contributed by atoms with Crippen molar-refractivity contribution in [1.82, 2.24) is 5.32 Å². The lowest BCUT2D eigenvalue weighted by atomic mass is 10.1. The number of benzene rings is 1. The first-order chi connectivity index (χ1) is 8.62. The third kappa shape index (κ3) is 2.31. The largest absolute Gasteiger partial charge is 0.496 e. The molecule has 0 bridgehead atoms. The SMILES string of the molecule is CCC(NC)c1cc2c(Br)c(OC)cc(Br)c2o1. The van der Waals surface area contributed by atoms with E-state index in [1.807, 2.05) is 13.1 Å². The number of fused-ring (bicyclic) bond motifs is 1. The Morgan fingerprint density at radius 2 is 2.11 bits per heavy atom. The smallest absolute Gasteiger partial charge is 0.149 e. The van der Waals surface area contributed by atoms with Gasteiger partial charge in [0.25, 0.3) is 0 Å². The summed E-state index contributed by atoms with van der Waals surface area (Å²) in [6, 6.07) is 4.18. The molecule has 0 spiro atoms. The molecule has 18 heavy (non-hydrogen) atoms. The van der Waals surface area contributed by atoms with Gasteiger partial charge >= 0.3 is 0 Å². The molecule has 3 nitrogen and oxygen atoms in total. The summed E-state index contributed by atoms with van der Waals surface area (Å²) < 4.78 is 13.1. The van der Waals surface area contributed by atoms with E-state index in [-0.39, 0.29) is 6.04 Å². The van der Waals surface area contributed by atoms with E-state index in [9.17, 15) is 0 Å². The van der Waals surface area contributed by atoms with E-state index in [2.05, 4.69) is 50.2 Å². The van der Waals surface area contributed by atoms with Gasteiger partial charge in [0.1, 0.15) is 17.1 Å². The van der Waals surface area contributed by atoms with Gasteiger partial charge in [-0.2, -0.15) is 0 Å². The van der Waals surface area contributed by atoms with Gasteiger partial charge in [-0.1, -0.05) is 6.92 Å². The number of hydrogen-bond donors (Lipinski definition) is 1. The summed E-state index contributed by atoms with van der Waals surface area (Å²) in [5.74, 6) is 1.73. The number of hydrogen-bond acceptors (Lipinski definition) is 3. The molecule has 2 aromatic rings. The van der Waals surface area contributed by atoms with Crippen LogP contribution in [0.5, 0.6) is 5.75 Å². The summed E-state index contributed by atoms with van der Waals surface area (Å²) in [6.45, 7) is 2.12. The van der Waals surface area contributed by atoms with Crippen LogP contribution in [0.25, 0.3) is 11.0 Å². The van der Waals surface area contributed by atoms with Crippen molar-refractivity contribution in [2.45, 2.75) is 19.4 Å². The minimum absolute atomic E-state index is 0.224. The summed E-state index contributed by atoms with van der Waals surface area (Å²) in [5.41, 5.74) is 0.839. The Kier molecular flexibility index (Phi) is 4.35. The van der Waals surface area contributed by atoms with Crippen molar-refractivity contribution >= 4 is 42.8 Å². The first-order valence-electron chi connectivity index (χ1n) is 5.75. The van der Waals surface area contributed by atoms with E-state index in [0.29, 0.717) is 0 Å². The Labute approximate surface area is 123 Å². The second-order valence-electron chi connectivity index (χ2n) is 4.02. The highest BCUT2D eigenvalue weighted by molar-refractivity contribution is 9.11. The second kappa shape index (κ2) is 5.63. The van der Waals surface area contributed by atoms with Crippen LogP contribution in [0.15, 0.2) is 25.5 Å². The average molecular weight is 377 g/mol. The minimum atomic E-state index is 0.224. The number of rotatable bonds is 4. The zero-order valence-electron chi connectivity index (χ0n) is 10.5. The van der Waals surface area contributed by atoms with Gasteiger partial charge in [0.15, 0.2) is 0 Å². The molecule has 0 fully saturated rings. The minimum Gasteiger partial charge on any atom is -0.496 e. The lowest BCUT2D eigenvalue weighted by Crippen LogP contribution is -2.14. The molecule has 0 radical (unpaired) electrons. The Morgan fingerprint density at radius 3 is 2.67 bits per heavy atom. The van der Waals surface area contributed by atoms with Crippen LogP contribution >= 0.6 is 31.9 Å². The summed E-state index contributed by atoms with van der Waals surface area (Å²) in [5, 5.41) is 4.26. The maximum absolute atomic E-state index is 5.93. The Morgan fingerprint density at radius 1 is 1.39 bits per heavy atom. The molecule has 1 atom stereocenters. The fourth-order valence-electron chi connectivity index (χ4n) is 2.00. The molecule has 0 amide bonds. The Hall–Kier alpha value is -0.520. The first kappa shape index (κ1) is 13.9. The van der Waals surface area contributed by atoms with Gasteiger partial charge in [-0.15, -0.1) is 0 Å². The average Bonchev–Trinajstić information content (AvgIpc) is 2.81. The molecule has 0 aliphatic heterocycles. The second-order valence-corrected chi connectivity index (χ2v) is 5.66. The first-order valence-corrected chi connectivity index (χ1v) is 7.33. The predicted octanol–water partition coefficient (Wildman–Crippen LogP) is 4.64. The molecule has 0 aliphatic carbocycles. The lowest BCUT2D eigenvalue weighted by Gasteiger charge is -2.09. The zero-order valence-corrected chi connectivity index (χ0v) is 13.7. The molecule has 1 aromatic carbocycles. The van der Waals surface area contributed by atoms with Crippen molar-refractivity contribution in [3.8, 4) is 5.75 Å². The van der Waals surface area contributed by atoms with Crippen molar-refractivity contribution in [3.63, 3.8) is 0 Å². The fourth-order valence-corrected chi connectivity index (χ4v) is 3.07. The van der Waals surface area contributed by atoms with Gasteiger partial charge in [-0.05, 0) is 57.5 Å². The number of furan rings is 1. The molecule has 1 unspecified atom stereocenters. The van der Waals surface area contributed by atoms with Crippen LogP contribution in [-0.4, -0.2) is 14.2 Å². The number of nitrogens with one attached hydrogen (secondary N) is 1. The molecule has 5 heteroatoms. The fraction of sp³-hybridized carbons (Fsp3) is 0.385. The molecule has 1 N–H and O–H groups in total. The monoisotopic (exact) mass is 375 g/mol. The molecular formula is C13H15Br2NO2. The van der Waals surface area contributed by atoms with E-state index < -0.39 is 0 Å². The molecular weight excluding hydrogens is 362 g/mol. The van der Waals surface area contributed by atoms with Crippen LogP contribution in [0, 0.1) is 0 Å². The normalized spacial score (nSPS) is 12.9. The molecule has 0 saturated carbocycles. The van der Waals surface area contributed by atoms with Crippen molar-refractivity contribution in [2.24, 2.45) is 0 Å². The highest BCUT2D eigenvalue weighted by Crippen LogP contribution is 2.40. The molecule has 0 aliphatic rings. The zero-order chi connectivity index (χ0) is 13.3. The van der Waals surface area contributed by atoms with Crippen LogP contribution < -0.4 is 10.1 Å². The maximum Gasteiger partial charge on any atom is 0.149 e. The van der Waals surface area contributed by atoms with Crippen molar-refractivity contribution in [3.05, 3.63) is 26.8 Å². The van der Waals surface area contributed by atoms with Gasteiger partial charge in [-0.3, -0.25) is 0 Å². The van der Waals surface area contributed by atoms with Crippen LogP contribution in [-0.2, 0) is 0 Å². The standard InChI is InChI=1S/C13H15Br2NO2/c1-4-9(16-2)10-5-7-12(15)11(17-3)6-8(14)13(7)18-10/h5-6,9,16H,4H2,1-3H3. The molecule has 98 valence electrons. The highest BCUT2D eigenvalue weighted by Gasteiger charge is 2.18. The molecule has 1 heterocycles. The highest BCUT2D eigenvalue weighted by atomic mass is 79.9. The maximum atomic E-state index is 5.93. The molecule has 1 aromatic heterocycles. The third-order valence-electron chi connectivity index (χ3n) is 3.00. The Bertz CT molecular complexity index is 562. The predicted molar refractivity (Wildman–Crippen MR) is 80.3 cm³/mol. The Balaban J connectivity index is 2.63. The van der Waals surface area contributed by atoms with Crippen molar-refractivity contribution < 1.29 is 9.15 Å². The van der Waals surface area contributed by atoms with Crippen LogP contribution in [0.4, 0.5) is 0 Å². The quantitative estimate of drug-likeness (QED) is 0.844. The number of halogens is 2. The lowest BCUT2D eigenvalue weighted by molar-refractivity contribution is 0.412. The van der Waals surface area contributed by atoms with Gasteiger partial charge < -0.3 is 14.5 Å². The third-order valence-corrected chi connectivity index (χ3v) is 4.41. The molecule has 2 rings (SSSR count). The van der Waals surface area contributed by atoms with Crippen molar-refractivity contribution in [2.75, 3.05) is 14.2 Å². The number of methoxy groups -OCH3 is 1. The number of ether oxygens (including phenoxy) is 1. The topological polar surface area (TPSA) is 34.4 Å². The van der Waals surface area contributed by atoms with Crippen LogP contribution in [0.3, 0.4) is 0 Å². The van der Waals surface area contributed by atoms with E-state index in [1.54, 1.807) is 7.11 Å².